The second-order valence-electron chi connectivity index (χ2n) is 4.00. The van der Waals surface area contributed by atoms with Gasteiger partial charge in [0, 0.05) is 28.7 Å². The van der Waals surface area contributed by atoms with Crippen LogP contribution in [0, 0.1) is 0 Å². The summed E-state index contributed by atoms with van der Waals surface area (Å²) < 4.78 is 10.2. The number of rotatable bonds is 3. The SMILES string of the molecule is COc1ccc2[nH]cc(-c3cc(C(=O)O)no3)c2c1. The zero-order valence-corrected chi connectivity index (χ0v) is 10.0. The molecule has 2 aromatic heterocycles. The first-order valence-corrected chi connectivity index (χ1v) is 5.54. The molecule has 1 aromatic carbocycles. The van der Waals surface area contributed by atoms with Crippen molar-refractivity contribution < 1.29 is 19.2 Å². The number of carboxylic acid groups (broad SMARTS) is 1. The van der Waals surface area contributed by atoms with E-state index in [0.717, 1.165) is 16.5 Å². The molecule has 0 atom stereocenters. The van der Waals surface area contributed by atoms with Crippen molar-refractivity contribution in [1.29, 1.82) is 0 Å². The molecular weight excluding hydrogens is 248 g/mol. The minimum Gasteiger partial charge on any atom is -0.497 e. The summed E-state index contributed by atoms with van der Waals surface area (Å²) in [6.45, 7) is 0. The van der Waals surface area contributed by atoms with Crippen molar-refractivity contribution in [3.05, 3.63) is 36.2 Å². The van der Waals surface area contributed by atoms with Crippen molar-refractivity contribution in [2.75, 3.05) is 7.11 Å². The molecule has 3 rings (SSSR count). The lowest BCUT2D eigenvalue weighted by Gasteiger charge is -1.99. The van der Waals surface area contributed by atoms with E-state index in [4.69, 9.17) is 14.4 Å². The maximum absolute atomic E-state index is 10.8. The van der Waals surface area contributed by atoms with Crippen LogP contribution in [0.3, 0.4) is 0 Å². The van der Waals surface area contributed by atoms with E-state index >= 15 is 0 Å². The number of hydrogen-bond donors (Lipinski definition) is 2. The van der Waals surface area contributed by atoms with E-state index < -0.39 is 5.97 Å². The van der Waals surface area contributed by atoms with E-state index in [0.29, 0.717) is 11.5 Å². The number of methoxy groups -OCH3 is 1. The van der Waals surface area contributed by atoms with Crippen LogP contribution < -0.4 is 4.74 Å². The Labute approximate surface area is 107 Å². The van der Waals surface area contributed by atoms with Gasteiger partial charge in [0.1, 0.15) is 5.75 Å². The average molecular weight is 258 g/mol. The summed E-state index contributed by atoms with van der Waals surface area (Å²) in [6.07, 6.45) is 1.75. The molecule has 0 bridgehead atoms. The summed E-state index contributed by atoms with van der Waals surface area (Å²) in [5.74, 6) is -0.00403. The Balaban J connectivity index is 2.15. The van der Waals surface area contributed by atoms with Gasteiger partial charge in [0.05, 0.1) is 7.11 Å². The number of fused-ring (bicyclic) bond motifs is 1. The topological polar surface area (TPSA) is 88.4 Å². The Morgan fingerprint density at radius 2 is 2.26 bits per heavy atom. The van der Waals surface area contributed by atoms with Gasteiger partial charge in [0.15, 0.2) is 11.5 Å². The Bertz CT molecular complexity index is 757. The molecule has 96 valence electrons. The average Bonchev–Trinajstić information content (AvgIpc) is 3.03. The fourth-order valence-electron chi connectivity index (χ4n) is 1.93. The normalized spacial score (nSPS) is 10.8. The second-order valence-corrected chi connectivity index (χ2v) is 4.00. The molecule has 0 amide bonds. The fourth-order valence-corrected chi connectivity index (χ4v) is 1.93. The van der Waals surface area contributed by atoms with E-state index in [9.17, 15) is 4.79 Å². The van der Waals surface area contributed by atoms with Crippen LogP contribution in [0.5, 0.6) is 5.75 Å². The highest BCUT2D eigenvalue weighted by molar-refractivity contribution is 5.96. The molecule has 0 saturated carbocycles. The first-order valence-electron chi connectivity index (χ1n) is 5.54. The molecule has 0 spiro atoms. The van der Waals surface area contributed by atoms with Crippen molar-refractivity contribution in [3.63, 3.8) is 0 Å². The molecule has 0 fully saturated rings. The largest absolute Gasteiger partial charge is 0.497 e. The summed E-state index contributed by atoms with van der Waals surface area (Å²) in [6, 6.07) is 6.96. The van der Waals surface area contributed by atoms with Gasteiger partial charge in [-0.25, -0.2) is 4.79 Å². The number of nitrogens with one attached hydrogen (secondary N) is 1. The zero-order valence-electron chi connectivity index (χ0n) is 10.0. The van der Waals surface area contributed by atoms with Gasteiger partial charge in [-0.3, -0.25) is 0 Å². The molecule has 3 aromatic rings. The van der Waals surface area contributed by atoms with Gasteiger partial charge < -0.3 is 19.4 Å². The third-order valence-electron chi connectivity index (χ3n) is 2.88. The summed E-state index contributed by atoms with van der Waals surface area (Å²) in [5, 5.41) is 13.2. The number of carbonyl (C=O) groups is 1. The summed E-state index contributed by atoms with van der Waals surface area (Å²) in [7, 11) is 1.59. The third-order valence-corrected chi connectivity index (χ3v) is 2.88. The predicted molar refractivity (Wildman–Crippen MR) is 67.3 cm³/mol. The maximum atomic E-state index is 10.8. The number of nitrogens with zero attached hydrogens (tertiary/aromatic N) is 1. The van der Waals surface area contributed by atoms with Crippen LogP contribution in [0.4, 0.5) is 0 Å². The van der Waals surface area contributed by atoms with E-state index in [-0.39, 0.29) is 5.69 Å². The van der Waals surface area contributed by atoms with Gasteiger partial charge >= 0.3 is 5.97 Å². The lowest BCUT2D eigenvalue weighted by atomic mass is 10.1. The third kappa shape index (κ3) is 1.83. The van der Waals surface area contributed by atoms with E-state index in [1.54, 1.807) is 13.3 Å². The van der Waals surface area contributed by atoms with Crippen molar-refractivity contribution in [2.45, 2.75) is 0 Å². The van der Waals surface area contributed by atoms with E-state index in [2.05, 4.69) is 10.1 Å². The smallest absolute Gasteiger partial charge is 0.358 e. The van der Waals surface area contributed by atoms with Crippen molar-refractivity contribution in [2.24, 2.45) is 0 Å². The van der Waals surface area contributed by atoms with E-state index in [1.807, 2.05) is 18.2 Å². The van der Waals surface area contributed by atoms with Crippen LogP contribution in [0.1, 0.15) is 10.5 Å². The fraction of sp³-hybridized carbons (Fsp3) is 0.0769. The lowest BCUT2D eigenvalue weighted by molar-refractivity contribution is 0.0686. The van der Waals surface area contributed by atoms with Crippen molar-refractivity contribution in [1.82, 2.24) is 10.1 Å². The van der Waals surface area contributed by atoms with E-state index in [1.165, 1.54) is 6.07 Å². The summed E-state index contributed by atoms with van der Waals surface area (Å²) >= 11 is 0. The molecule has 2 N–H and O–H groups in total. The number of benzene rings is 1. The molecule has 6 nitrogen and oxygen atoms in total. The Morgan fingerprint density at radius 3 is 2.95 bits per heavy atom. The number of ether oxygens (including phenoxy) is 1. The van der Waals surface area contributed by atoms with Gasteiger partial charge in [-0.05, 0) is 18.2 Å². The van der Waals surface area contributed by atoms with Crippen LogP contribution in [-0.4, -0.2) is 28.3 Å². The molecule has 0 radical (unpaired) electrons. The van der Waals surface area contributed by atoms with Crippen molar-refractivity contribution >= 4 is 16.9 Å². The van der Waals surface area contributed by atoms with Crippen LogP contribution in [0.15, 0.2) is 35.0 Å². The molecule has 0 aliphatic heterocycles. The Kier molecular flexibility index (Phi) is 2.49. The van der Waals surface area contributed by atoms with Gasteiger partial charge in [-0.15, -0.1) is 0 Å². The molecule has 0 aliphatic carbocycles. The standard InChI is InChI=1S/C13H10N2O4/c1-18-7-2-3-10-8(4-7)9(6-14-10)12-5-11(13(16)17)15-19-12/h2-6,14H,1H3,(H,16,17). The molecule has 0 saturated heterocycles. The number of aromatic nitrogens is 2. The number of aromatic carboxylic acids is 1. The molecule has 0 unspecified atom stereocenters. The molecule has 0 aliphatic rings. The highest BCUT2D eigenvalue weighted by Crippen LogP contribution is 2.31. The molecule has 19 heavy (non-hydrogen) atoms. The minimum atomic E-state index is -1.12. The zero-order chi connectivity index (χ0) is 13.4. The Morgan fingerprint density at radius 1 is 1.42 bits per heavy atom. The number of H-pyrrole nitrogens is 1. The highest BCUT2D eigenvalue weighted by Gasteiger charge is 2.15. The number of carboxylic acids is 1. The summed E-state index contributed by atoms with van der Waals surface area (Å²) in [5.41, 5.74) is 1.53. The van der Waals surface area contributed by atoms with Gasteiger partial charge in [-0.1, -0.05) is 5.16 Å². The first-order chi connectivity index (χ1) is 9.19. The van der Waals surface area contributed by atoms with Gasteiger partial charge in [-0.2, -0.15) is 0 Å². The monoisotopic (exact) mass is 258 g/mol. The van der Waals surface area contributed by atoms with Crippen molar-refractivity contribution in [3.8, 4) is 17.1 Å². The second kappa shape index (κ2) is 4.16. The molecule has 6 heteroatoms. The number of aromatic amines is 1. The predicted octanol–water partition coefficient (Wildman–Crippen LogP) is 2.53. The molecule has 2 heterocycles. The van der Waals surface area contributed by atoms with Gasteiger partial charge in [0.2, 0.25) is 0 Å². The highest BCUT2D eigenvalue weighted by atomic mass is 16.5. The Hall–Kier alpha value is -2.76. The van der Waals surface area contributed by atoms with Crippen LogP contribution >= 0.6 is 0 Å². The van der Waals surface area contributed by atoms with Gasteiger partial charge in [0.25, 0.3) is 0 Å². The molecular formula is C13H10N2O4. The summed E-state index contributed by atoms with van der Waals surface area (Å²) in [4.78, 5) is 13.9. The number of hydrogen-bond acceptors (Lipinski definition) is 4. The maximum Gasteiger partial charge on any atom is 0.358 e. The quantitative estimate of drug-likeness (QED) is 0.753. The van der Waals surface area contributed by atoms with Crippen LogP contribution in [-0.2, 0) is 0 Å². The lowest BCUT2D eigenvalue weighted by Crippen LogP contribution is -1.94. The van der Waals surface area contributed by atoms with Crippen LogP contribution in [0.25, 0.3) is 22.2 Å². The minimum absolute atomic E-state index is 0.118. The first kappa shape index (κ1) is 11.3. The van der Waals surface area contributed by atoms with Crippen LogP contribution in [0.2, 0.25) is 0 Å².